The number of aromatic hydroxyl groups is 1. The van der Waals surface area contributed by atoms with E-state index in [0.29, 0.717) is 32.7 Å². The second-order valence-corrected chi connectivity index (χ2v) is 8.61. The minimum absolute atomic E-state index is 0.0164. The number of nitriles is 1. The van der Waals surface area contributed by atoms with Crippen molar-refractivity contribution in [2.75, 3.05) is 0 Å². The summed E-state index contributed by atoms with van der Waals surface area (Å²) in [5, 5.41) is 20.7. The quantitative estimate of drug-likeness (QED) is 0.426. The van der Waals surface area contributed by atoms with Crippen LogP contribution in [0.4, 0.5) is 0 Å². The third kappa shape index (κ3) is 4.31. The maximum absolute atomic E-state index is 9.85. The third-order valence-corrected chi connectivity index (χ3v) is 5.96. The van der Waals surface area contributed by atoms with E-state index in [4.69, 9.17) is 38.4 Å². The number of phenolic OH excluding ortho intramolecular Hbond substituents is 1. The maximum Gasteiger partial charge on any atom is 0.205 e. The van der Waals surface area contributed by atoms with Gasteiger partial charge in [-0.1, -0.05) is 51.3 Å². The molecule has 8 heteroatoms. The number of allylic oxidation sites excluding steroid dienone is 1. The molecule has 0 aromatic heterocycles. The zero-order chi connectivity index (χ0) is 22.1. The number of fused-ring (bicyclic) bond motifs is 1. The van der Waals surface area contributed by atoms with Crippen LogP contribution in [-0.2, 0) is 6.61 Å². The van der Waals surface area contributed by atoms with E-state index in [1.165, 1.54) is 12.1 Å². The second kappa shape index (κ2) is 8.72. The lowest BCUT2D eigenvalue weighted by Gasteiger charge is -2.28. The molecule has 3 aromatic carbocycles. The molecule has 0 saturated heterocycles. The molecule has 3 N–H and O–H groups in total. The summed E-state index contributed by atoms with van der Waals surface area (Å²) in [5.74, 6) is 0.419. The Hall–Kier alpha value is -2.85. The molecule has 156 valence electrons. The summed E-state index contributed by atoms with van der Waals surface area (Å²) in [6, 6.07) is 17.6. The van der Waals surface area contributed by atoms with Crippen LogP contribution in [0.15, 0.2) is 70.5 Å². The van der Waals surface area contributed by atoms with E-state index < -0.39 is 5.92 Å². The van der Waals surface area contributed by atoms with E-state index in [1.807, 2.05) is 18.2 Å². The molecule has 5 nitrogen and oxygen atoms in total. The molecule has 0 spiro atoms. The number of nitrogens with two attached hydrogens (primary N) is 1. The van der Waals surface area contributed by atoms with Crippen LogP contribution >= 0.6 is 39.1 Å². The summed E-state index contributed by atoms with van der Waals surface area (Å²) in [6.45, 7) is 0.206. The number of rotatable bonds is 4. The largest absolute Gasteiger partial charge is 0.508 e. The number of hydrogen-bond acceptors (Lipinski definition) is 5. The van der Waals surface area contributed by atoms with Crippen molar-refractivity contribution in [2.45, 2.75) is 12.5 Å². The molecule has 0 amide bonds. The fourth-order valence-electron chi connectivity index (χ4n) is 3.43. The van der Waals surface area contributed by atoms with Gasteiger partial charge in [0, 0.05) is 37.3 Å². The Morgan fingerprint density at radius 2 is 1.90 bits per heavy atom. The van der Waals surface area contributed by atoms with Gasteiger partial charge in [0.25, 0.3) is 0 Å². The normalized spacial score (nSPS) is 15.1. The fourth-order valence-corrected chi connectivity index (χ4v) is 4.28. The number of halogens is 3. The van der Waals surface area contributed by atoms with Crippen LogP contribution in [0.5, 0.6) is 17.2 Å². The molecule has 4 rings (SSSR count). The molecule has 0 unspecified atom stereocenters. The SMILES string of the molecule is N#CC1=C(N)Oc2cc(O)ccc2[C@H]1c1cc(Br)ccc1OCc1ccc(Cl)cc1Cl. The van der Waals surface area contributed by atoms with Crippen LogP contribution in [-0.4, -0.2) is 5.11 Å². The van der Waals surface area contributed by atoms with Gasteiger partial charge in [0.2, 0.25) is 5.88 Å². The van der Waals surface area contributed by atoms with Crippen molar-refractivity contribution in [2.24, 2.45) is 5.73 Å². The van der Waals surface area contributed by atoms with Crippen molar-refractivity contribution in [3.8, 4) is 23.3 Å². The Balaban J connectivity index is 1.79. The summed E-state index contributed by atoms with van der Waals surface area (Å²) >= 11 is 15.7. The molecule has 0 radical (unpaired) electrons. The van der Waals surface area contributed by atoms with Gasteiger partial charge in [0.1, 0.15) is 35.5 Å². The highest BCUT2D eigenvalue weighted by Crippen LogP contribution is 2.46. The van der Waals surface area contributed by atoms with E-state index in [0.717, 1.165) is 10.0 Å². The first-order valence-corrected chi connectivity index (χ1v) is 10.7. The predicted molar refractivity (Wildman–Crippen MR) is 122 cm³/mol. The van der Waals surface area contributed by atoms with E-state index in [-0.39, 0.29) is 23.8 Å². The van der Waals surface area contributed by atoms with Crippen LogP contribution in [0.3, 0.4) is 0 Å². The zero-order valence-electron chi connectivity index (χ0n) is 15.9. The first-order chi connectivity index (χ1) is 14.9. The van der Waals surface area contributed by atoms with Gasteiger partial charge >= 0.3 is 0 Å². The van der Waals surface area contributed by atoms with E-state index in [9.17, 15) is 10.4 Å². The van der Waals surface area contributed by atoms with E-state index in [2.05, 4.69) is 22.0 Å². The average Bonchev–Trinajstić information content (AvgIpc) is 2.72. The van der Waals surface area contributed by atoms with Crippen molar-refractivity contribution in [3.63, 3.8) is 0 Å². The van der Waals surface area contributed by atoms with Gasteiger partial charge in [-0.2, -0.15) is 5.26 Å². The Bertz CT molecular complexity index is 1250. The van der Waals surface area contributed by atoms with Gasteiger partial charge < -0.3 is 20.3 Å². The first-order valence-electron chi connectivity index (χ1n) is 9.14. The summed E-state index contributed by atoms with van der Waals surface area (Å²) in [4.78, 5) is 0. The summed E-state index contributed by atoms with van der Waals surface area (Å²) in [5.41, 5.74) is 8.47. The van der Waals surface area contributed by atoms with Gasteiger partial charge in [0.05, 0.1) is 5.92 Å². The highest BCUT2D eigenvalue weighted by molar-refractivity contribution is 9.10. The minimum Gasteiger partial charge on any atom is -0.508 e. The number of phenols is 1. The van der Waals surface area contributed by atoms with Gasteiger partial charge in [0.15, 0.2) is 0 Å². The Morgan fingerprint density at radius 1 is 1.10 bits per heavy atom. The number of hydrogen-bond donors (Lipinski definition) is 2. The fraction of sp³-hybridized carbons (Fsp3) is 0.0870. The van der Waals surface area contributed by atoms with Crippen LogP contribution in [0, 0.1) is 11.3 Å². The first kappa shape index (κ1) is 21.4. The van der Waals surface area contributed by atoms with Gasteiger partial charge in [-0.3, -0.25) is 0 Å². The molecule has 3 aromatic rings. The standard InChI is InChI=1S/C23H15BrCl2N2O3/c24-13-2-6-20(30-11-12-1-3-14(25)8-19(12)26)17(7-13)22-16-5-4-15(29)9-21(16)31-23(28)18(22)10-27/h1-9,22,29H,11,28H2/t22-/m0/s1. The van der Waals surface area contributed by atoms with Crippen molar-refractivity contribution in [1.29, 1.82) is 5.26 Å². The Morgan fingerprint density at radius 3 is 2.65 bits per heavy atom. The van der Waals surface area contributed by atoms with E-state index in [1.54, 1.807) is 24.3 Å². The van der Waals surface area contributed by atoms with Gasteiger partial charge in [-0.25, -0.2) is 0 Å². The van der Waals surface area contributed by atoms with E-state index >= 15 is 0 Å². The zero-order valence-corrected chi connectivity index (χ0v) is 19.0. The average molecular weight is 518 g/mol. The van der Waals surface area contributed by atoms with Crippen molar-refractivity contribution in [3.05, 3.63) is 97.3 Å². The lowest BCUT2D eigenvalue weighted by Crippen LogP contribution is -2.21. The van der Waals surface area contributed by atoms with Gasteiger partial charge in [-0.15, -0.1) is 0 Å². The maximum atomic E-state index is 9.85. The van der Waals surface area contributed by atoms with Gasteiger partial charge in [-0.05, 0) is 36.4 Å². The number of ether oxygens (including phenoxy) is 2. The smallest absolute Gasteiger partial charge is 0.205 e. The van der Waals surface area contributed by atoms with Crippen LogP contribution in [0.2, 0.25) is 10.0 Å². The molecular formula is C23H15BrCl2N2O3. The molecule has 1 aliphatic rings. The molecule has 1 aliphatic heterocycles. The predicted octanol–water partition coefficient (Wildman–Crippen LogP) is 6.26. The lowest BCUT2D eigenvalue weighted by molar-refractivity contribution is 0.301. The van der Waals surface area contributed by atoms with Crippen molar-refractivity contribution in [1.82, 2.24) is 0 Å². The molecular weight excluding hydrogens is 503 g/mol. The molecule has 0 bridgehead atoms. The summed E-state index contributed by atoms with van der Waals surface area (Å²) in [6.07, 6.45) is 0. The van der Waals surface area contributed by atoms with Crippen LogP contribution in [0.25, 0.3) is 0 Å². The molecule has 1 heterocycles. The number of benzene rings is 3. The Labute approximate surface area is 197 Å². The van der Waals surface area contributed by atoms with Crippen molar-refractivity contribution >= 4 is 39.1 Å². The number of nitrogens with zero attached hydrogens (tertiary/aromatic N) is 1. The molecule has 0 aliphatic carbocycles. The summed E-state index contributed by atoms with van der Waals surface area (Å²) in [7, 11) is 0. The third-order valence-electron chi connectivity index (χ3n) is 4.88. The second-order valence-electron chi connectivity index (χ2n) is 6.85. The monoisotopic (exact) mass is 516 g/mol. The topological polar surface area (TPSA) is 88.5 Å². The van der Waals surface area contributed by atoms with Crippen LogP contribution < -0.4 is 15.2 Å². The van der Waals surface area contributed by atoms with Crippen LogP contribution in [0.1, 0.15) is 22.6 Å². The highest BCUT2D eigenvalue weighted by atomic mass is 79.9. The molecule has 31 heavy (non-hydrogen) atoms. The lowest BCUT2D eigenvalue weighted by atomic mass is 9.83. The Kier molecular flexibility index (Phi) is 6.01. The highest BCUT2D eigenvalue weighted by Gasteiger charge is 2.33. The van der Waals surface area contributed by atoms with Crippen molar-refractivity contribution < 1.29 is 14.6 Å². The molecule has 1 atom stereocenters. The molecule has 0 fully saturated rings. The molecule has 0 saturated carbocycles. The summed E-state index contributed by atoms with van der Waals surface area (Å²) < 4.78 is 12.5. The minimum atomic E-state index is -0.539.